The van der Waals surface area contributed by atoms with Gasteiger partial charge in [0.15, 0.2) is 0 Å². The van der Waals surface area contributed by atoms with Crippen molar-refractivity contribution in [1.29, 1.82) is 0 Å². The topological polar surface area (TPSA) is 49.3 Å². The molecule has 0 aromatic heterocycles. The molecule has 1 aromatic carbocycles. The first kappa shape index (κ1) is 14.1. The first-order chi connectivity index (χ1) is 9.16. The molecule has 1 aliphatic rings. The highest BCUT2D eigenvalue weighted by Crippen LogP contribution is 2.22. The van der Waals surface area contributed by atoms with E-state index in [0.717, 1.165) is 13.0 Å². The summed E-state index contributed by atoms with van der Waals surface area (Å²) in [5.74, 6) is -1.05. The molecule has 0 amide bonds. The Morgan fingerprint density at radius 3 is 2.79 bits per heavy atom. The molecule has 0 fully saturated rings. The number of nitrogens with one attached hydrogen (secondary N) is 1. The zero-order valence-electron chi connectivity index (χ0n) is 11.6. The molecule has 0 radical (unpaired) electrons. The SMILES string of the molecule is CC(CNCCc1ccc2c(c1)CCCC2)C(=O)O. The quantitative estimate of drug-likeness (QED) is 0.773. The Balaban J connectivity index is 1.78. The van der Waals surface area contributed by atoms with Crippen LogP contribution in [-0.2, 0) is 24.1 Å². The maximum Gasteiger partial charge on any atom is 0.307 e. The van der Waals surface area contributed by atoms with Crippen LogP contribution in [0.5, 0.6) is 0 Å². The molecule has 3 nitrogen and oxygen atoms in total. The number of hydrogen-bond donors (Lipinski definition) is 2. The Hall–Kier alpha value is -1.35. The molecule has 1 aliphatic carbocycles. The summed E-state index contributed by atoms with van der Waals surface area (Å²) in [6.45, 7) is 3.12. The van der Waals surface area contributed by atoms with Crippen molar-refractivity contribution in [3.63, 3.8) is 0 Å². The normalized spacial score (nSPS) is 15.8. The van der Waals surface area contributed by atoms with Gasteiger partial charge in [0.05, 0.1) is 5.92 Å². The number of aliphatic carboxylic acids is 1. The summed E-state index contributed by atoms with van der Waals surface area (Å²) in [4.78, 5) is 10.7. The van der Waals surface area contributed by atoms with Crippen LogP contribution in [0.1, 0.15) is 36.5 Å². The number of fused-ring (bicyclic) bond motifs is 1. The van der Waals surface area contributed by atoms with Crippen molar-refractivity contribution < 1.29 is 9.90 Å². The first-order valence-electron chi connectivity index (χ1n) is 7.21. The third-order valence-corrected chi connectivity index (χ3v) is 3.88. The fraction of sp³-hybridized carbons (Fsp3) is 0.562. The molecule has 0 aliphatic heterocycles. The third kappa shape index (κ3) is 4.06. The molecule has 0 saturated carbocycles. The summed E-state index contributed by atoms with van der Waals surface area (Å²) >= 11 is 0. The second-order valence-corrected chi connectivity index (χ2v) is 5.50. The van der Waals surface area contributed by atoms with Gasteiger partial charge >= 0.3 is 5.97 Å². The fourth-order valence-electron chi connectivity index (χ4n) is 2.58. The van der Waals surface area contributed by atoms with Crippen molar-refractivity contribution in [3.8, 4) is 0 Å². The smallest absolute Gasteiger partial charge is 0.307 e. The van der Waals surface area contributed by atoms with Crippen molar-refractivity contribution in [3.05, 3.63) is 34.9 Å². The molecule has 0 spiro atoms. The van der Waals surface area contributed by atoms with E-state index < -0.39 is 5.97 Å². The Kier molecular flexibility index (Phi) is 4.97. The monoisotopic (exact) mass is 261 g/mol. The van der Waals surface area contributed by atoms with Gasteiger partial charge in [-0.3, -0.25) is 4.79 Å². The van der Waals surface area contributed by atoms with Gasteiger partial charge in [-0.15, -0.1) is 0 Å². The van der Waals surface area contributed by atoms with E-state index in [1.54, 1.807) is 6.92 Å². The average Bonchev–Trinajstić information content (AvgIpc) is 2.43. The van der Waals surface area contributed by atoms with Crippen LogP contribution in [0.15, 0.2) is 18.2 Å². The standard InChI is InChI=1S/C16H23NO2/c1-12(16(18)19)11-17-9-8-13-6-7-14-4-2-3-5-15(14)10-13/h6-7,10,12,17H,2-5,8-9,11H2,1H3,(H,18,19). The number of benzene rings is 1. The summed E-state index contributed by atoms with van der Waals surface area (Å²) in [5, 5.41) is 12.0. The van der Waals surface area contributed by atoms with Gasteiger partial charge in [-0.2, -0.15) is 0 Å². The average molecular weight is 261 g/mol. The highest BCUT2D eigenvalue weighted by atomic mass is 16.4. The predicted octanol–water partition coefficient (Wildman–Crippen LogP) is 2.42. The van der Waals surface area contributed by atoms with Crippen molar-refractivity contribution in [1.82, 2.24) is 5.32 Å². The van der Waals surface area contributed by atoms with Crippen LogP contribution in [0.4, 0.5) is 0 Å². The molecule has 1 unspecified atom stereocenters. The predicted molar refractivity (Wildman–Crippen MR) is 76.5 cm³/mol. The van der Waals surface area contributed by atoms with E-state index in [9.17, 15) is 4.79 Å². The summed E-state index contributed by atoms with van der Waals surface area (Å²) in [6, 6.07) is 6.81. The van der Waals surface area contributed by atoms with Crippen molar-refractivity contribution in [2.45, 2.75) is 39.0 Å². The van der Waals surface area contributed by atoms with E-state index in [2.05, 4.69) is 23.5 Å². The van der Waals surface area contributed by atoms with Gasteiger partial charge in [0.25, 0.3) is 0 Å². The minimum atomic E-state index is -0.735. The molecular formula is C16H23NO2. The number of aryl methyl sites for hydroxylation is 2. The second-order valence-electron chi connectivity index (χ2n) is 5.50. The van der Waals surface area contributed by atoms with Crippen LogP contribution in [-0.4, -0.2) is 24.2 Å². The minimum absolute atomic E-state index is 0.316. The minimum Gasteiger partial charge on any atom is -0.481 e. The van der Waals surface area contributed by atoms with Gasteiger partial charge < -0.3 is 10.4 Å². The largest absolute Gasteiger partial charge is 0.481 e. The molecule has 0 saturated heterocycles. The summed E-state index contributed by atoms with van der Waals surface area (Å²) in [5.41, 5.74) is 4.39. The molecule has 1 atom stereocenters. The Morgan fingerprint density at radius 1 is 1.32 bits per heavy atom. The molecule has 0 bridgehead atoms. The van der Waals surface area contributed by atoms with Crippen LogP contribution < -0.4 is 5.32 Å². The maximum atomic E-state index is 10.7. The lowest BCUT2D eigenvalue weighted by Gasteiger charge is -2.16. The highest BCUT2D eigenvalue weighted by molar-refractivity contribution is 5.69. The molecule has 3 heteroatoms. The lowest BCUT2D eigenvalue weighted by Crippen LogP contribution is -2.27. The van der Waals surface area contributed by atoms with E-state index in [4.69, 9.17) is 5.11 Å². The van der Waals surface area contributed by atoms with E-state index in [1.807, 2.05) is 0 Å². The summed E-state index contributed by atoms with van der Waals surface area (Å²) in [6.07, 6.45) is 6.04. The zero-order chi connectivity index (χ0) is 13.7. The molecule has 0 heterocycles. The lowest BCUT2D eigenvalue weighted by atomic mass is 9.90. The zero-order valence-corrected chi connectivity index (χ0v) is 11.6. The van der Waals surface area contributed by atoms with Gasteiger partial charge in [0.1, 0.15) is 0 Å². The van der Waals surface area contributed by atoms with Crippen LogP contribution in [0.25, 0.3) is 0 Å². The summed E-state index contributed by atoms with van der Waals surface area (Å²) in [7, 11) is 0. The summed E-state index contributed by atoms with van der Waals surface area (Å²) < 4.78 is 0. The maximum absolute atomic E-state index is 10.7. The number of carboxylic acids is 1. The van der Waals surface area contributed by atoms with Crippen LogP contribution >= 0.6 is 0 Å². The van der Waals surface area contributed by atoms with Crippen LogP contribution in [0.3, 0.4) is 0 Å². The van der Waals surface area contributed by atoms with Gasteiger partial charge in [-0.25, -0.2) is 0 Å². The second kappa shape index (κ2) is 6.71. The lowest BCUT2D eigenvalue weighted by molar-refractivity contribution is -0.140. The van der Waals surface area contributed by atoms with Gasteiger partial charge in [-0.1, -0.05) is 25.1 Å². The Labute approximate surface area is 115 Å². The fourth-order valence-corrected chi connectivity index (χ4v) is 2.58. The van der Waals surface area contributed by atoms with E-state index in [-0.39, 0.29) is 5.92 Å². The van der Waals surface area contributed by atoms with Crippen LogP contribution in [0, 0.1) is 5.92 Å². The molecule has 1 aromatic rings. The van der Waals surface area contributed by atoms with Crippen molar-refractivity contribution in [2.24, 2.45) is 5.92 Å². The Bertz CT molecular complexity index is 442. The first-order valence-corrected chi connectivity index (χ1v) is 7.21. The number of carboxylic acid groups (broad SMARTS) is 1. The molecule has 2 rings (SSSR count). The van der Waals surface area contributed by atoms with E-state index in [1.165, 1.54) is 42.4 Å². The van der Waals surface area contributed by atoms with Gasteiger partial charge in [-0.05, 0) is 55.3 Å². The van der Waals surface area contributed by atoms with Crippen molar-refractivity contribution in [2.75, 3.05) is 13.1 Å². The molecular weight excluding hydrogens is 238 g/mol. The third-order valence-electron chi connectivity index (χ3n) is 3.88. The van der Waals surface area contributed by atoms with E-state index >= 15 is 0 Å². The number of hydrogen-bond acceptors (Lipinski definition) is 2. The van der Waals surface area contributed by atoms with Crippen LogP contribution in [0.2, 0.25) is 0 Å². The molecule has 2 N–H and O–H groups in total. The number of rotatable bonds is 6. The number of carbonyl (C=O) groups is 1. The van der Waals surface area contributed by atoms with E-state index in [0.29, 0.717) is 6.54 Å². The molecule has 19 heavy (non-hydrogen) atoms. The highest BCUT2D eigenvalue weighted by Gasteiger charge is 2.10. The van der Waals surface area contributed by atoms with Gasteiger partial charge in [0, 0.05) is 6.54 Å². The van der Waals surface area contributed by atoms with Gasteiger partial charge in [0.2, 0.25) is 0 Å². The Morgan fingerprint density at radius 2 is 2.05 bits per heavy atom. The molecule has 104 valence electrons. The van der Waals surface area contributed by atoms with Crippen molar-refractivity contribution >= 4 is 5.97 Å².